The van der Waals surface area contributed by atoms with Gasteiger partial charge in [0.15, 0.2) is 0 Å². The van der Waals surface area contributed by atoms with Gasteiger partial charge >= 0.3 is 0 Å². The predicted octanol–water partition coefficient (Wildman–Crippen LogP) is 4.20. The maximum atomic E-state index is 4.41. The molecule has 2 fully saturated rings. The van der Waals surface area contributed by atoms with Crippen molar-refractivity contribution < 1.29 is 0 Å². The number of fused-ring (bicyclic) bond motifs is 1. The molecule has 0 atom stereocenters. The van der Waals surface area contributed by atoms with Crippen LogP contribution in [0.3, 0.4) is 0 Å². The standard InChI is InChI=1S/C15H17BrIN3/c16-15-7-12-13(17)9-20(14(12)8-18-15)11-3-5-19(6-4-11)10-1-2-10/h7-11H,1-6H2. The normalized spacial score (nSPS) is 21.7. The Morgan fingerprint density at radius 2 is 1.90 bits per heavy atom. The van der Waals surface area contributed by atoms with Crippen molar-refractivity contribution in [3.63, 3.8) is 0 Å². The second kappa shape index (κ2) is 5.25. The van der Waals surface area contributed by atoms with Crippen molar-refractivity contribution >= 4 is 49.4 Å². The van der Waals surface area contributed by atoms with Gasteiger partial charge in [-0.05, 0) is 70.3 Å². The molecule has 0 amide bonds. The lowest BCUT2D eigenvalue weighted by Gasteiger charge is -2.33. The molecular formula is C15H17BrIN3. The first-order valence-electron chi connectivity index (χ1n) is 7.28. The monoisotopic (exact) mass is 445 g/mol. The summed E-state index contributed by atoms with van der Waals surface area (Å²) in [5, 5.41) is 1.32. The number of halogens is 2. The summed E-state index contributed by atoms with van der Waals surface area (Å²) in [5.41, 5.74) is 1.28. The van der Waals surface area contributed by atoms with Crippen molar-refractivity contribution in [3.8, 4) is 0 Å². The van der Waals surface area contributed by atoms with Crippen molar-refractivity contribution in [2.24, 2.45) is 0 Å². The summed E-state index contributed by atoms with van der Waals surface area (Å²) < 4.78 is 4.70. The molecule has 1 aliphatic carbocycles. The van der Waals surface area contributed by atoms with Crippen molar-refractivity contribution in [2.45, 2.75) is 37.8 Å². The number of piperidine rings is 1. The molecule has 1 saturated heterocycles. The van der Waals surface area contributed by atoms with Crippen LogP contribution in [-0.2, 0) is 0 Å². The zero-order valence-electron chi connectivity index (χ0n) is 11.2. The molecule has 106 valence electrons. The van der Waals surface area contributed by atoms with E-state index in [0.29, 0.717) is 6.04 Å². The lowest BCUT2D eigenvalue weighted by molar-refractivity contribution is 0.180. The van der Waals surface area contributed by atoms with E-state index in [2.05, 4.69) is 65.2 Å². The first-order valence-corrected chi connectivity index (χ1v) is 9.15. The summed E-state index contributed by atoms with van der Waals surface area (Å²) in [6.07, 6.45) is 9.70. The molecule has 0 bridgehead atoms. The Morgan fingerprint density at radius 3 is 2.60 bits per heavy atom. The molecule has 1 saturated carbocycles. The van der Waals surface area contributed by atoms with Crippen molar-refractivity contribution in [1.82, 2.24) is 14.5 Å². The van der Waals surface area contributed by atoms with Crippen LogP contribution in [0.25, 0.3) is 10.9 Å². The van der Waals surface area contributed by atoms with E-state index in [-0.39, 0.29) is 0 Å². The average Bonchev–Trinajstić information content (AvgIpc) is 3.25. The molecule has 0 radical (unpaired) electrons. The van der Waals surface area contributed by atoms with Crippen LogP contribution in [-0.4, -0.2) is 33.6 Å². The van der Waals surface area contributed by atoms with Gasteiger partial charge in [-0.25, -0.2) is 4.98 Å². The molecule has 3 heterocycles. The second-order valence-corrected chi connectivity index (χ2v) is 7.88. The Kier molecular flexibility index (Phi) is 3.55. The molecule has 0 spiro atoms. The van der Waals surface area contributed by atoms with E-state index in [0.717, 1.165) is 10.6 Å². The zero-order valence-corrected chi connectivity index (χ0v) is 15.0. The fourth-order valence-electron chi connectivity index (χ4n) is 3.35. The maximum Gasteiger partial charge on any atom is 0.106 e. The lowest BCUT2D eigenvalue weighted by atomic mass is 10.0. The molecule has 0 unspecified atom stereocenters. The molecule has 2 aromatic heterocycles. The molecule has 3 nitrogen and oxygen atoms in total. The van der Waals surface area contributed by atoms with Crippen molar-refractivity contribution in [2.75, 3.05) is 13.1 Å². The number of pyridine rings is 1. The van der Waals surface area contributed by atoms with Gasteiger partial charge in [-0.1, -0.05) is 0 Å². The number of hydrogen-bond donors (Lipinski definition) is 0. The summed E-state index contributed by atoms with van der Waals surface area (Å²) in [7, 11) is 0. The number of aromatic nitrogens is 2. The van der Waals surface area contributed by atoms with Gasteiger partial charge < -0.3 is 9.47 Å². The van der Waals surface area contributed by atoms with Gasteiger partial charge in [0.1, 0.15) is 4.60 Å². The van der Waals surface area contributed by atoms with Crippen molar-refractivity contribution in [1.29, 1.82) is 0 Å². The Bertz CT molecular complexity index is 642. The van der Waals surface area contributed by atoms with Crippen LogP contribution in [0.2, 0.25) is 0 Å². The highest BCUT2D eigenvalue weighted by atomic mass is 127. The quantitative estimate of drug-likeness (QED) is 0.510. The third-order valence-corrected chi connectivity index (χ3v) is 5.89. The molecule has 2 aliphatic rings. The van der Waals surface area contributed by atoms with Gasteiger partial charge in [0.05, 0.1) is 11.7 Å². The van der Waals surface area contributed by atoms with E-state index in [9.17, 15) is 0 Å². The third kappa shape index (κ3) is 2.41. The summed E-state index contributed by atoms with van der Waals surface area (Å²) in [6.45, 7) is 2.52. The van der Waals surface area contributed by atoms with Crippen LogP contribution in [0.4, 0.5) is 0 Å². The van der Waals surface area contributed by atoms with Gasteiger partial charge in [-0.15, -0.1) is 0 Å². The first-order chi connectivity index (χ1) is 9.72. The van der Waals surface area contributed by atoms with Crippen LogP contribution < -0.4 is 0 Å². The SMILES string of the molecule is Brc1cc2c(I)cn(C3CCN(C4CC4)CC3)c2cn1. The molecule has 20 heavy (non-hydrogen) atoms. The minimum Gasteiger partial charge on any atom is -0.342 e. The third-order valence-electron chi connectivity index (χ3n) is 4.59. The Labute approximate surface area is 141 Å². The highest BCUT2D eigenvalue weighted by Gasteiger charge is 2.32. The van der Waals surface area contributed by atoms with E-state index in [1.807, 2.05) is 6.20 Å². The smallest absolute Gasteiger partial charge is 0.106 e. The van der Waals surface area contributed by atoms with E-state index >= 15 is 0 Å². The summed E-state index contributed by atoms with van der Waals surface area (Å²) >= 11 is 5.91. The van der Waals surface area contributed by atoms with Gasteiger partial charge in [-0.2, -0.15) is 0 Å². The van der Waals surface area contributed by atoms with E-state index < -0.39 is 0 Å². The number of likely N-dealkylation sites (tertiary alicyclic amines) is 1. The van der Waals surface area contributed by atoms with Crippen LogP contribution in [0, 0.1) is 3.57 Å². The topological polar surface area (TPSA) is 21.1 Å². The van der Waals surface area contributed by atoms with Crippen LogP contribution in [0.1, 0.15) is 31.7 Å². The van der Waals surface area contributed by atoms with Gasteiger partial charge in [0, 0.05) is 40.3 Å². The van der Waals surface area contributed by atoms with Gasteiger partial charge in [0.25, 0.3) is 0 Å². The number of nitrogens with zero attached hydrogens (tertiary/aromatic N) is 3. The highest BCUT2D eigenvalue weighted by molar-refractivity contribution is 14.1. The van der Waals surface area contributed by atoms with Crippen LogP contribution in [0.5, 0.6) is 0 Å². The predicted molar refractivity (Wildman–Crippen MR) is 93.0 cm³/mol. The molecular weight excluding hydrogens is 429 g/mol. The fourth-order valence-corrected chi connectivity index (χ4v) is 4.42. The van der Waals surface area contributed by atoms with E-state index in [4.69, 9.17) is 0 Å². The van der Waals surface area contributed by atoms with E-state index in [1.165, 1.54) is 53.2 Å². The molecule has 5 heteroatoms. The zero-order chi connectivity index (χ0) is 13.7. The largest absolute Gasteiger partial charge is 0.342 e. The van der Waals surface area contributed by atoms with Gasteiger partial charge in [-0.3, -0.25) is 0 Å². The van der Waals surface area contributed by atoms with Crippen LogP contribution >= 0.6 is 38.5 Å². The second-order valence-electron chi connectivity index (χ2n) is 5.91. The number of hydrogen-bond acceptors (Lipinski definition) is 2. The summed E-state index contributed by atoms with van der Waals surface area (Å²) in [4.78, 5) is 7.09. The molecule has 2 aromatic rings. The lowest BCUT2D eigenvalue weighted by Crippen LogP contribution is -2.35. The maximum absolute atomic E-state index is 4.41. The summed E-state index contributed by atoms with van der Waals surface area (Å²) in [6, 6.07) is 3.68. The number of rotatable bonds is 2. The summed E-state index contributed by atoms with van der Waals surface area (Å²) in [5.74, 6) is 0. The van der Waals surface area contributed by atoms with Crippen LogP contribution in [0.15, 0.2) is 23.1 Å². The van der Waals surface area contributed by atoms with E-state index in [1.54, 1.807) is 0 Å². The Hall–Kier alpha value is -0.140. The highest BCUT2D eigenvalue weighted by Crippen LogP contribution is 2.35. The molecule has 0 N–H and O–H groups in total. The molecule has 1 aliphatic heterocycles. The minimum atomic E-state index is 0.638. The first kappa shape index (κ1) is 13.5. The van der Waals surface area contributed by atoms with Gasteiger partial charge in [0.2, 0.25) is 0 Å². The Morgan fingerprint density at radius 1 is 1.15 bits per heavy atom. The Balaban J connectivity index is 1.62. The minimum absolute atomic E-state index is 0.638. The fraction of sp³-hybridized carbons (Fsp3) is 0.533. The molecule has 0 aromatic carbocycles. The van der Waals surface area contributed by atoms with Crippen molar-refractivity contribution in [3.05, 3.63) is 26.6 Å². The average molecular weight is 446 g/mol. The molecule has 4 rings (SSSR count).